The molecular weight excluding hydrogens is 224 g/mol. The standard InChI is InChI=1S/C11H20N2S2/c1-7(14-5)6-12-8(2)11-9(3)15-10(4)13-11/h7-8,12H,6H2,1-5H3. The minimum atomic E-state index is 0.365. The van der Waals surface area contributed by atoms with Gasteiger partial charge in [-0.3, -0.25) is 0 Å². The summed E-state index contributed by atoms with van der Waals surface area (Å²) in [7, 11) is 0. The first-order valence-corrected chi connectivity index (χ1v) is 7.35. The lowest BCUT2D eigenvalue weighted by molar-refractivity contribution is 0.563. The van der Waals surface area contributed by atoms with Gasteiger partial charge in [0.2, 0.25) is 0 Å². The smallest absolute Gasteiger partial charge is 0.0900 e. The number of aromatic nitrogens is 1. The third-order valence-corrected chi connectivity index (χ3v) is 4.34. The molecule has 2 atom stereocenters. The Balaban J connectivity index is 2.53. The van der Waals surface area contributed by atoms with Crippen LogP contribution in [0.3, 0.4) is 0 Å². The fourth-order valence-corrected chi connectivity index (χ4v) is 2.65. The highest BCUT2D eigenvalue weighted by molar-refractivity contribution is 7.99. The van der Waals surface area contributed by atoms with E-state index in [-0.39, 0.29) is 0 Å². The molecule has 0 fully saturated rings. The fraction of sp³-hybridized carbons (Fsp3) is 0.727. The van der Waals surface area contributed by atoms with Crippen molar-refractivity contribution in [2.45, 2.75) is 39.0 Å². The van der Waals surface area contributed by atoms with E-state index in [2.05, 4.69) is 44.3 Å². The zero-order valence-electron chi connectivity index (χ0n) is 10.1. The Morgan fingerprint density at radius 2 is 2.07 bits per heavy atom. The molecule has 0 spiro atoms. The summed E-state index contributed by atoms with van der Waals surface area (Å²) in [5.41, 5.74) is 1.21. The second kappa shape index (κ2) is 5.87. The second-order valence-corrected chi connectivity index (χ2v) is 6.53. The van der Waals surface area contributed by atoms with Gasteiger partial charge >= 0.3 is 0 Å². The largest absolute Gasteiger partial charge is 0.308 e. The Kier molecular flexibility index (Phi) is 5.09. The molecule has 2 nitrogen and oxygen atoms in total. The molecule has 1 heterocycles. The molecule has 1 aromatic rings. The summed E-state index contributed by atoms with van der Waals surface area (Å²) >= 11 is 3.67. The van der Waals surface area contributed by atoms with Crippen LogP contribution in [0.25, 0.3) is 0 Å². The average molecular weight is 244 g/mol. The van der Waals surface area contributed by atoms with Crippen LogP contribution in [0.2, 0.25) is 0 Å². The van der Waals surface area contributed by atoms with Gasteiger partial charge in [-0.25, -0.2) is 4.98 Å². The number of nitrogens with one attached hydrogen (secondary N) is 1. The first kappa shape index (κ1) is 13.0. The molecule has 0 aliphatic carbocycles. The molecule has 2 unspecified atom stereocenters. The molecule has 0 aliphatic rings. The van der Waals surface area contributed by atoms with Crippen molar-refractivity contribution in [2.75, 3.05) is 12.8 Å². The number of rotatable bonds is 5. The summed E-state index contributed by atoms with van der Waals surface area (Å²) < 4.78 is 0. The number of hydrogen-bond donors (Lipinski definition) is 1. The number of nitrogens with zero attached hydrogens (tertiary/aromatic N) is 1. The summed E-state index contributed by atoms with van der Waals surface area (Å²) in [5.74, 6) is 0. The third-order valence-electron chi connectivity index (χ3n) is 2.46. The lowest BCUT2D eigenvalue weighted by atomic mass is 10.2. The van der Waals surface area contributed by atoms with Gasteiger partial charge in [-0.15, -0.1) is 11.3 Å². The predicted molar refractivity (Wildman–Crippen MR) is 71.0 cm³/mol. The molecule has 1 rings (SSSR count). The molecule has 15 heavy (non-hydrogen) atoms. The second-order valence-electron chi connectivity index (χ2n) is 3.85. The van der Waals surface area contributed by atoms with E-state index in [1.807, 2.05) is 11.8 Å². The van der Waals surface area contributed by atoms with Crippen LogP contribution in [-0.2, 0) is 0 Å². The molecular formula is C11H20N2S2. The van der Waals surface area contributed by atoms with Crippen LogP contribution in [0.5, 0.6) is 0 Å². The molecule has 0 aromatic carbocycles. The molecule has 0 amide bonds. The van der Waals surface area contributed by atoms with Gasteiger partial charge in [0.1, 0.15) is 0 Å². The molecule has 0 saturated carbocycles. The van der Waals surface area contributed by atoms with Crippen molar-refractivity contribution in [1.29, 1.82) is 0 Å². The highest BCUT2D eigenvalue weighted by Gasteiger charge is 2.13. The van der Waals surface area contributed by atoms with Gasteiger partial charge in [-0.1, -0.05) is 6.92 Å². The maximum absolute atomic E-state index is 4.56. The van der Waals surface area contributed by atoms with Crippen LogP contribution in [0.15, 0.2) is 0 Å². The summed E-state index contributed by atoms with van der Waals surface area (Å²) in [6.07, 6.45) is 2.15. The summed E-state index contributed by atoms with van der Waals surface area (Å²) in [5, 5.41) is 5.35. The van der Waals surface area contributed by atoms with E-state index in [9.17, 15) is 0 Å². The van der Waals surface area contributed by atoms with Crippen LogP contribution >= 0.6 is 23.1 Å². The summed E-state index contributed by atoms with van der Waals surface area (Å²) in [6.45, 7) is 9.69. The van der Waals surface area contributed by atoms with E-state index in [4.69, 9.17) is 0 Å². The summed E-state index contributed by atoms with van der Waals surface area (Å²) in [4.78, 5) is 5.90. The van der Waals surface area contributed by atoms with E-state index in [0.29, 0.717) is 11.3 Å². The molecule has 1 N–H and O–H groups in total. The van der Waals surface area contributed by atoms with Crippen molar-refractivity contribution < 1.29 is 0 Å². The van der Waals surface area contributed by atoms with E-state index >= 15 is 0 Å². The molecule has 86 valence electrons. The van der Waals surface area contributed by atoms with Gasteiger partial charge < -0.3 is 5.32 Å². The normalized spacial score (nSPS) is 15.3. The highest BCUT2D eigenvalue weighted by atomic mass is 32.2. The lowest BCUT2D eigenvalue weighted by Gasteiger charge is -2.15. The molecule has 4 heteroatoms. The van der Waals surface area contributed by atoms with Gasteiger partial charge in [-0.2, -0.15) is 11.8 Å². The van der Waals surface area contributed by atoms with E-state index in [1.165, 1.54) is 10.6 Å². The van der Waals surface area contributed by atoms with Gasteiger partial charge in [0.25, 0.3) is 0 Å². The Morgan fingerprint density at radius 3 is 2.53 bits per heavy atom. The van der Waals surface area contributed by atoms with E-state index < -0.39 is 0 Å². The number of thiazole rings is 1. The van der Waals surface area contributed by atoms with Gasteiger partial charge in [0.15, 0.2) is 0 Å². The van der Waals surface area contributed by atoms with Gasteiger partial charge in [0, 0.05) is 22.7 Å². The SMILES string of the molecule is CSC(C)CNC(C)c1nc(C)sc1C. The van der Waals surface area contributed by atoms with Crippen LogP contribution < -0.4 is 5.32 Å². The van der Waals surface area contributed by atoms with E-state index in [1.54, 1.807) is 11.3 Å². The minimum Gasteiger partial charge on any atom is -0.308 e. The van der Waals surface area contributed by atoms with Crippen molar-refractivity contribution in [3.63, 3.8) is 0 Å². The van der Waals surface area contributed by atoms with Crippen molar-refractivity contribution in [3.05, 3.63) is 15.6 Å². The van der Waals surface area contributed by atoms with Gasteiger partial charge in [0.05, 0.1) is 10.7 Å². The topological polar surface area (TPSA) is 24.9 Å². The number of aryl methyl sites for hydroxylation is 2. The van der Waals surface area contributed by atoms with Crippen LogP contribution in [-0.4, -0.2) is 23.0 Å². The molecule has 0 radical (unpaired) electrons. The average Bonchev–Trinajstić information content (AvgIpc) is 2.53. The van der Waals surface area contributed by atoms with Crippen LogP contribution in [0, 0.1) is 13.8 Å². The Hall–Kier alpha value is -0.0600. The van der Waals surface area contributed by atoms with Crippen molar-refractivity contribution in [3.8, 4) is 0 Å². The maximum Gasteiger partial charge on any atom is 0.0900 e. The molecule has 0 aliphatic heterocycles. The first-order valence-electron chi connectivity index (χ1n) is 5.24. The molecule has 0 bridgehead atoms. The highest BCUT2D eigenvalue weighted by Crippen LogP contribution is 2.22. The zero-order chi connectivity index (χ0) is 11.4. The van der Waals surface area contributed by atoms with Crippen molar-refractivity contribution in [2.24, 2.45) is 0 Å². The first-order chi connectivity index (χ1) is 7.04. The fourth-order valence-electron chi connectivity index (χ4n) is 1.47. The van der Waals surface area contributed by atoms with Crippen LogP contribution in [0.4, 0.5) is 0 Å². The van der Waals surface area contributed by atoms with Crippen LogP contribution in [0.1, 0.15) is 35.5 Å². The minimum absolute atomic E-state index is 0.365. The Morgan fingerprint density at radius 1 is 1.40 bits per heavy atom. The lowest BCUT2D eigenvalue weighted by Crippen LogP contribution is -2.26. The number of hydrogen-bond acceptors (Lipinski definition) is 4. The zero-order valence-corrected chi connectivity index (χ0v) is 11.8. The molecule has 0 saturated heterocycles. The van der Waals surface area contributed by atoms with E-state index in [0.717, 1.165) is 11.6 Å². The maximum atomic E-state index is 4.56. The monoisotopic (exact) mass is 244 g/mol. The number of thioether (sulfide) groups is 1. The van der Waals surface area contributed by atoms with Crippen molar-refractivity contribution in [1.82, 2.24) is 10.3 Å². The quantitative estimate of drug-likeness (QED) is 0.861. The van der Waals surface area contributed by atoms with Crippen molar-refractivity contribution >= 4 is 23.1 Å². The van der Waals surface area contributed by atoms with Gasteiger partial charge in [-0.05, 0) is 27.0 Å². The predicted octanol–water partition coefficient (Wildman–Crippen LogP) is 3.16. The molecule has 1 aromatic heterocycles. The Labute approximate surface area is 101 Å². The third kappa shape index (κ3) is 3.78. The Bertz CT molecular complexity index is 310. The summed E-state index contributed by atoms with van der Waals surface area (Å²) in [6, 6.07) is 0.365.